The molecule has 0 saturated heterocycles. The third-order valence-electron chi connectivity index (χ3n) is 6.41. The third kappa shape index (κ3) is 4.37. The lowest BCUT2D eigenvalue weighted by atomic mass is 9.86. The Morgan fingerprint density at radius 2 is 1.89 bits per heavy atom. The Balaban J connectivity index is 1.37. The van der Waals surface area contributed by atoms with Crippen LogP contribution in [0, 0.1) is 12.8 Å². The van der Waals surface area contributed by atoms with Crippen molar-refractivity contribution in [1.29, 1.82) is 0 Å². The number of anilines is 2. The molecule has 2 aromatic carbocycles. The summed E-state index contributed by atoms with van der Waals surface area (Å²) in [5.74, 6) is -0.825. The molecule has 0 radical (unpaired) electrons. The predicted octanol–water partition coefficient (Wildman–Crippen LogP) is 5.06. The van der Waals surface area contributed by atoms with Gasteiger partial charge in [0.15, 0.2) is 0 Å². The van der Waals surface area contributed by atoms with Gasteiger partial charge in [0.25, 0.3) is 5.91 Å². The second-order valence-electron chi connectivity index (χ2n) is 8.95. The van der Waals surface area contributed by atoms with Crippen LogP contribution < -0.4 is 10.2 Å². The Morgan fingerprint density at radius 1 is 1.11 bits per heavy atom. The Kier molecular flexibility index (Phi) is 5.76. The minimum Gasteiger partial charge on any atom is -0.325 e. The van der Waals surface area contributed by atoms with Crippen LogP contribution in [0.1, 0.15) is 28.7 Å². The summed E-state index contributed by atoms with van der Waals surface area (Å²) in [4.78, 5) is 36.9. The van der Waals surface area contributed by atoms with Crippen molar-refractivity contribution >= 4 is 23.2 Å². The van der Waals surface area contributed by atoms with Crippen molar-refractivity contribution in [3.05, 3.63) is 96.0 Å². The number of hydrogen-bond acceptors (Lipinski definition) is 4. The van der Waals surface area contributed by atoms with Crippen LogP contribution in [0.2, 0.25) is 0 Å². The predicted molar refractivity (Wildman–Crippen MR) is 134 cm³/mol. The topological polar surface area (TPSA) is 75.2 Å². The van der Waals surface area contributed by atoms with E-state index in [2.05, 4.69) is 15.3 Å². The summed E-state index contributed by atoms with van der Waals surface area (Å²) in [7, 11) is 0. The molecule has 6 nitrogen and oxygen atoms in total. The van der Waals surface area contributed by atoms with Crippen LogP contribution in [-0.4, -0.2) is 34.0 Å². The van der Waals surface area contributed by atoms with Crippen molar-refractivity contribution in [2.45, 2.75) is 25.9 Å². The first kappa shape index (κ1) is 22.7. The monoisotopic (exact) mass is 468 g/mol. The highest BCUT2D eigenvalue weighted by Gasteiger charge is 2.36. The van der Waals surface area contributed by atoms with Crippen molar-refractivity contribution in [2.75, 3.05) is 16.8 Å². The Labute approximate surface area is 203 Å². The maximum absolute atomic E-state index is 14.7. The number of carbonyl (C=O) groups excluding carboxylic acids is 2. The van der Waals surface area contributed by atoms with Crippen molar-refractivity contribution in [3.8, 4) is 11.3 Å². The van der Waals surface area contributed by atoms with Crippen LogP contribution >= 0.6 is 0 Å². The van der Waals surface area contributed by atoms with Gasteiger partial charge in [-0.3, -0.25) is 9.59 Å². The van der Waals surface area contributed by atoms with Crippen LogP contribution in [0.3, 0.4) is 0 Å². The van der Waals surface area contributed by atoms with E-state index in [4.69, 9.17) is 0 Å². The second-order valence-corrected chi connectivity index (χ2v) is 8.95. The van der Waals surface area contributed by atoms with E-state index in [0.717, 1.165) is 22.5 Å². The first-order valence-electron chi connectivity index (χ1n) is 11.5. The van der Waals surface area contributed by atoms with Gasteiger partial charge in [0.2, 0.25) is 5.91 Å². The zero-order chi connectivity index (χ0) is 24.6. The van der Waals surface area contributed by atoms with Gasteiger partial charge in [-0.1, -0.05) is 36.4 Å². The summed E-state index contributed by atoms with van der Waals surface area (Å²) in [5.41, 5.74) is 2.78. The number of nitrogens with one attached hydrogen (secondary N) is 1. The lowest BCUT2D eigenvalue weighted by Crippen LogP contribution is -2.37. The van der Waals surface area contributed by atoms with E-state index in [1.165, 1.54) is 13.0 Å². The number of para-hydroxylation sites is 1. The number of carbonyl (C=O) groups is 2. The van der Waals surface area contributed by atoms with Gasteiger partial charge in [0, 0.05) is 29.6 Å². The smallest absolute Gasteiger partial charge is 0.258 e. The molecule has 0 fully saturated rings. The molecule has 0 saturated carbocycles. The van der Waals surface area contributed by atoms with Crippen LogP contribution in [0.25, 0.3) is 11.3 Å². The molecule has 35 heavy (non-hydrogen) atoms. The molecule has 2 aliphatic rings. The molecule has 2 heterocycles. The highest BCUT2D eigenvalue weighted by molar-refractivity contribution is 6.08. The first-order chi connectivity index (χ1) is 16.8. The fourth-order valence-electron chi connectivity index (χ4n) is 4.51. The summed E-state index contributed by atoms with van der Waals surface area (Å²) < 4.78 is 14.7. The van der Waals surface area contributed by atoms with E-state index in [1.807, 2.05) is 37.4 Å². The Bertz CT molecular complexity index is 1360. The molecule has 2 amide bonds. The Hall–Kier alpha value is -4.13. The molecule has 7 heteroatoms. The van der Waals surface area contributed by atoms with E-state index in [1.54, 1.807) is 47.4 Å². The number of allylic oxidation sites excluding steroid dienone is 3. The number of amides is 2. The highest BCUT2D eigenvalue weighted by Crippen LogP contribution is 2.36. The average molecular weight is 469 g/mol. The van der Waals surface area contributed by atoms with Crippen molar-refractivity contribution < 1.29 is 14.0 Å². The molecular weight excluding hydrogens is 443 g/mol. The molecule has 1 N–H and O–H groups in total. The quantitative estimate of drug-likeness (QED) is 0.583. The molecule has 1 aliphatic heterocycles. The highest BCUT2D eigenvalue weighted by atomic mass is 19.1. The molecule has 3 aromatic rings. The molecule has 1 aromatic heterocycles. The van der Waals surface area contributed by atoms with Crippen molar-refractivity contribution in [1.82, 2.24) is 9.97 Å². The van der Waals surface area contributed by atoms with E-state index < -0.39 is 17.5 Å². The van der Waals surface area contributed by atoms with Gasteiger partial charge in [-0.05, 0) is 62.2 Å². The standard InChI is InChI=1S/C28H25FN4O2/c1-18-30-17-20-14-16-33(24-9-4-3-7-22(24)25(20)31-18)27(35)19-10-12-21(13-11-19)32-26(34)23-8-5-6-15-28(23,2)29/h3-13,15,17,23H,14,16H2,1-2H3,(H,32,34). The molecule has 0 spiro atoms. The average Bonchev–Trinajstić information content (AvgIpc) is 3.00. The number of aryl methyl sites for hydroxylation is 1. The Morgan fingerprint density at radius 3 is 2.66 bits per heavy atom. The zero-order valence-corrected chi connectivity index (χ0v) is 19.5. The van der Waals surface area contributed by atoms with Crippen LogP contribution in [0.4, 0.5) is 15.8 Å². The van der Waals surface area contributed by atoms with Gasteiger partial charge in [-0.25, -0.2) is 14.4 Å². The van der Waals surface area contributed by atoms with E-state index >= 15 is 0 Å². The van der Waals surface area contributed by atoms with Crippen molar-refractivity contribution in [2.24, 2.45) is 5.92 Å². The maximum Gasteiger partial charge on any atom is 0.258 e. The number of hydrogen-bond donors (Lipinski definition) is 1. The molecule has 0 bridgehead atoms. The fraction of sp³-hybridized carbons (Fsp3) is 0.214. The van der Waals surface area contributed by atoms with Gasteiger partial charge in [-0.15, -0.1) is 0 Å². The molecule has 2 unspecified atom stereocenters. The van der Waals surface area contributed by atoms with Crippen molar-refractivity contribution in [3.63, 3.8) is 0 Å². The largest absolute Gasteiger partial charge is 0.325 e. The van der Waals surface area contributed by atoms with E-state index in [-0.39, 0.29) is 5.91 Å². The number of halogens is 1. The molecular formula is C28H25FN4O2. The van der Waals surface area contributed by atoms with Gasteiger partial charge in [0.1, 0.15) is 11.5 Å². The maximum atomic E-state index is 14.7. The summed E-state index contributed by atoms with van der Waals surface area (Å²) in [6, 6.07) is 14.4. The number of nitrogens with zero attached hydrogens (tertiary/aromatic N) is 3. The van der Waals surface area contributed by atoms with Gasteiger partial charge < -0.3 is 10.2 Å². The first-order valence-corrected chi connectivity index (χ1v) is 11.5. The summed E-state index contributed by atoms with van der Waals surface area (Å²) in [5, 5.41) is 2.75. The number of fused-ring (bicyclic) bond motifs is 3. The fourth-order valence-corrected chi connectivity index (χ4v) is 4.51. The van der Waals surface area contributed by atoms with Gasteiger partial charge >= 0.3 is 0 Å². The number of alkyl halides is 1. The van der Waals surface area contributed by atoms with E-state index in [9.17, 15) is 14.0 Å². The van der Waals surface area contributed by atoms with Gasteiger partial charge in [0.05, 0.1) is 17.3 Å². The zero-order valence-electron chi connectivity index (χ0n) is 19.5. The number of benzene rings is 2. The summed E-state index contributed by atoms with van der Waals surface area (Å²) in [6.45, 7) is 3.72. The van der Waals surface area contributed by atoms with Crippen LogP contribution in [0.5, 0.6) is 0 Å². The number of aromatic nitrogens is 2. The van der Waals surface area contributed by atoms with Crippen LogP contribution in [-0.2, 0) is 11.2 Å². The molecule has 2 atom stereocenters. The second kappa shape index (κ2) is 8.91. The number of rotatable bonds is 3. The van der Waals surface area contributed by atoms with Gasteiger partial charge in [-0.2, -0.15) is 0 Å². The molecule has 5 rings (SSSR count). The normalized spacial score (nSPS) is 20.5. The minimum absolute atomic E-state index is 0.149. The lowest BCUT2D eigenvalue weighted by molar-refractivity contribution is -0.121. The third-order valence-corrected chi connectivity index (χ3v) is 6.41. The summed E-state index contributed by atoms with van der Waals surface area (Å²) >= 11 is 0. The van der Waals surface area contributed by atoms with E-state index in [0.29, 0.717) is 30.0 Å². The lowest BCUT2D eigenvalue weighted by Gasteiger charge is -2.26. The summed E-state index contributed by atoms with van der Waals surface area (Å²) in [6.07, 6.45) is 8.65. The molecule has 176 valence electrons. The van der Waals surface area contributed by atoms with Crippen LogP contribution in [0.15, 0.2) is 79.0 Å². The SMILES string of the molecule is Cc1ncc2c(n1)-c1ccccc1N(C(=O)c1ccc(NC(=O)C3C=CC=CC3(C)F)cc1)CC2. The minimum atomic E-state index is -1.75. The molecule has 1 aliphatic carbocycles.